The maximum atomic E-state index is 13.6. The number of hydrogen-bond acceptors (Lipinski definition) is 5. The van der Waals surface area contributed by atoms with Crippen LogP contribution in [0.5, 0.6) is 5.75 Å². The van der Waals surface area contributed by atoms with Crippen molar-refractivity contribution in [3.8, 4) is 5.75 Å². The van der Waals surface area contributed by atoms with Crippen LogP contribution in [0, 0.1) is 5.92 Å². The minimum Gasteiger partial charge on any atom is -0.490 e. The molecule has 200 valence electrons. The molecule has 38 heavy (non-hydrogen) atoms. The number of esters is 1. The molecule has 1 aliphatic carbocycles. The van der Waals surface area contributed by atoms with Gasteiger partial charge < -0.3 is 19.4 Å². The van der Waals surface area contributed by atoms with Crippen molar-refractivity contribution in [3.63, 3.8) is 0 Å². The molecule has 3 aromatic rings. The molecular weight excluding hydrogens is 480 g/mol. The van der Waals surface area contributed by atoms with Gasteiger partial charge in [-0.3, -0.25) is 14.4 Å². The zero-order valence-corrected chi connectivity index (χ0v) is 22.0. The number of ether oxygens (including phenoxy) is 2. The molecule has 0 saturated heterocycles. The van der Waals surface area contributed by atoms with Crippen LogP contribution in [-0.4, -0.2) is 22.5 Å². The Balaban J connectivity index is 1.55. The molecule has 2 atom stereocenters. The van der Waals surface area contributed by atoms with E-state index < -0.39 is 18.1 Å². The maximum absolute atomic E-state index is 13.6. The van der Waals surface area contributed by atoms with E-state index in [1.54, 1.807) is 18.3 Å². The molecule has 0 radical (unpaired) electrons. The first-order chi connectivity index (χ1) is 18.4. The smallest absolute Gasteiger partial charge is 0.308 e. The standard InChI is InChI=1S/C31H36N2O5/c1-22(2)18-28(33-17-7-6-16-29(33)34)31(36)32-27(20-30(35)37-21-23-10-4-3-5-11-23)24-12-8-15-26(19-24)38-25-13-9-14-25/h3-8,10-12,15-17,19,22,25,27-28H,9,13-14,18,20-21H2,1-2H3,(H,32,36). The fourth-order valence-corrected chi connectivity index (χ4v) is 4.46. The molecule has 1 fully saturated rings. The number of benzene rings is 2. The Morgan fingerprint density at radius 3 is 2.45 bits per heavy atom. The average molecular weight is 517 g/mol. The van der Waals surface area contributed by atoms with Crippen molar-refractivity contribution in [1.29, 1.82) is 0 Å². The van der Waals surface area contributed by atoms with Crippen molar-refractivity contribution < 1.29 is 19.1 Å². The number of hydrogen-bond donors (Lipinski definition) is 1. The number of carbonyl (C=O) groups is 2. The SMILES string of the molecule is CC(C)CC(C(=O)NC(CC(=O)OCc1ccccc1)c1cccc(OC2CCC2)c1)n1ccccc1=O. The van der Waals surface area contributed by atoms with E-state index in [9.17, 15) is 14.4 Å². The lowest BCUT2D eigenvalue weighted by Gasteiger charge is -2.28. The molecule has 0 spiro atoms. The Kier molecular flexibility index (Phi) is 9.35. The van der Waals surface area contributed by atoms with Gasteiger partial charge in [0, 0.05) is 12.3 Å². The summed E-state index contributed by atoms with van der Waals surface area (Å²) in [7, 11) is 0. The third-order valence-electron chi connectivity index (χ3n) is 6.73. The minimum absolute atomic E-state index is 0.0520. The second-order valence-electron chi connectivity index (χ2n) is 10.2. The Hall–Kier alpha value is -3.87. The van der Waals surface area contributed by atoms with Crippen molar-refractivity contribution in [2.45, 2.75) is 70.7 Å². The van der Waals surface area contributed by atoms with Gasteiger partial charge in [0.2, 0.25) is 5.91 Å². The third-order valence-corrected chi connectivity index (χ3v) is 6.73. The van der Waals surface area contributed by atoms with E-state index in [0.29, 0.717) is 12.2 Å². The molecule has 4 rings (SSSR count). The van der Waals surface area contributed by atoms with Gasteiger partial charge in [0.25, 0.3) is 5.56 Å². The van der Waals surface area contributed by atoms with E-state index in [-0.39, 0.29) is 36.5 Å². The second-order valence-corrected chi connectivity index (χ2v) is 10.2. The summed E-state index contributed by atoms with van der Waals surface area (Å²) in [5.74, 6) is 0.133. The highest BCUT2D eigenvalue weighted by atomic mass is 16.5. The molecule has 1 saturated carbocycles. The van der Waals surface area contributed by atoms with E-state index in [1.807, 2.05) is 68.4 Å². The van der Waals surface area contributed by atoms with Crippen LogP contribution in [0.1, 0.15) is 69.2 Å². The van der Waals surface area contributed by atoms with Gasteiger partial charge in [0.15, 0.2) is 0 Å². The quantitative estimate of drug-likeness (QED) is 0.328. The highest BCUT2D eigenvalue weighted by Gasteiger charge is 2.27. The van der Waals surface area contributed by atoms with Crippen LogP contribution < -0.4 is 15.6 Å². The predicted molar refractivity (Wildman–Crippen MR) is 146 cm³/mol. The van der Waals surface area contributed by atoms with Gasteiger partial charge in [-0.25, -0.2) is 0 Å². The fraction of sp³-hybridized carbons (Fsp3) is 0.387. The van der Waals surface area contributed by atoms with E-state index in [0.717, 1.165) is 30.4 Å². The van der Waals surface area contributed by atoms with Crippen LogP contribution in [0.3, 0.4) is 0 Å². The van der Waals surface area contributed by atoms with Crippen molar-refractivity contribution in [2.24, 2.45) is 5.92 Å². The monoisotopic (exact) mass is 516 g/mol. The molecule has 7 heteroatoms. The number of carbonyl (C=O) groups excluding carboxylic acids is 2. The molecule has 2 unspecified atom stereocenters. The van der Waals surface area contributed by atoms with Gasteiger partial charge in [-0.05, 0) is 60.9 Å². The van der Waals surface area contributed by atoms with Crippen molar-refractivity contribution >= 4 is 11.9 Å². The molecule has 1 N–H and O–H groups in total. The summed E-state index contributed by atoms with van der Waals surface area (Å²) in [5.41, 5.74) is 1.39. The Labute approximate surface area is 223 Å². The summed E-state index contributed by atoms with van der Waals surface area (Å²) >= 11 is 0. The first-order valence-electron chi connectivity index (χ1n) is 13.3. The average Bonchev–Trinajstić information content (AvgIpc) is 2.89. The number of pyridine rings is 1. The number of nitrogens with zero attached hydrogens (tertiary/aromatic N) is 1. The topological polar surface area (TPSA) is 86.6 Å². The van der Waals surface area contributed by atoms with Gasteiger partial charge in [0.1, 0.15) is 18.4 Å². The summed E-state index contributed by atoms with van der Waals surface area (Å²) in [4.78, 5) is 39.1. The highest BCUT2D eigenvalue weighted by Crippen LogP contribution is 2.29. The number of rotatable bonds is 12. The molecule has 2 aromatic carbocycles. The Morgan fingerprint density at radius 2 is 1.76 bits per heavy atom. The molecular formula is C31H36N2O5. The van der Waals surface area contributed by atoms with Gasteiger partial charge in [-0.15, -0.1) is 0 Å². The molecule has 1 amide bonds. The Bertz CT molecular complexity index is 1270. The van der Waals surface area contributed by atoms with Gasteiger partial charge >= 0.3 is 5.97 Å². The van der Waals surface area contributed by atoms with Crippen LogP contribution in [0.15, 0.2) is 83.8 Å². The highest BCUT2D eigenvalue weighted by molar-refractivity contribution is 5.81. The molecule has 1 aliphatic rings. The van der Waals surface area contributed by atoms with E-state index in [4.69, 9.17) is 9.47 Å². The van der Waals surface area contributed by atoms with Gasteiger partial charge in [-0.1, -0.05) is 62.4 Å². The normalized spacial score (nSPS) is 14.8. The summed E-state index contributed by atoms with van der Waals surface area (Å²) in [6.45, 7) is 4.17. The fourth-order valence-electron chi connectivity index (χ4n) is 4.46. The van der Waals surface area contributed by atoms with Crippen LogP contribution in [0.2, 0.25) is 0 Å². The third kappa shape index (κ3) is 7.57. The Morgan fingerprint density at radius 1 is 1.00 bits per heavy atom. The summed E-state index contributed by atoms with van der Waals surface area (Å²) < 4.78 is 13.1. The first kappa shape index (κ1) is 27.2. The predicted octanol–water partition coefficient (Wildman–Crippen LogP) is 5.36. The van der Waals surface area contributed by atoms with Crippen LogP contribution >= 0.6 is 0 Å². The van der Waals surface area contributed by atoms with E-state index in [2.05, 4.69) is 5.32 Å². The van der Waals surface area contributed by atoms with E-state index in [1.165, 1.54) is 10.6 Å². The molecule has 7 nitrogen and oxygen atoms in total. The lowest BCUT2D eigenvalue weighted by Crippen LogP contribution is -2.40. The zero-order chi connectivity index (χ0) is 26.9. The van der Waals surface area contributed by atoms with Crippen molar-refractivity contribution in [2.75, 3.05) is 0 Å². The van der Waals surface area contributed by atoms with Crippen molar-refractivity contribution in [1.82, 2.24) is 9.88 Å². The number of aromatic nitrogens is 1. The first-order valence-corrected chi connectivity index (χ1v) is 13.3. The van der Waals surface area contributed by atoms with Gasteiger partial charge in [0.05, 0.1) is 18.6 Å². The van der Waals surface area contributed by atoms with Crippen LogP contribution in [-0.2, 0) is 20.9 Å². The van der Waals surface area contributed by atoms with Crippen molar-refractivity contribution in [3.05, 3.63) is 100 Å². The lowest BCUT2D eigenvalue weighted by molar-refractivity contribution is -0.145. The molecule has 0 bridgehead atoms. The maximum Gasteiger partial charge on any atom is 0.308 e. The van der Waals surface area contributed by atoms with Gasteiger partial charge in [-0.2, -0.15) is 0 Å². The lowest BCUT2D eigenvalue weighted by atomic mass is 9.96. The minimum atomic E-state index is -0.707. The van der Waals surface area contributed by atoms with Crippen LogP contribution in [0.25, 0.3) is 0 Å². The summed E-state index contributed by atoms with van der Waals surface area (Å²) in [6, 6.07) is 20.4. The second kappa shape index (κ2) is 13.1. The summed E-state index contributed by atoms with van der Waals surface area (Å²) in [6.07, 6.45) is 5.47. The summed E-state index contributed by atoms with van der Waals surface area (Å²) in [5, 5.41) is 3.05. The zero-order valence-electron chi connectivity index (χ0n) is 22.0. The van der Waals surface area contributed by atoms with E-state index >= 15 is 0 Å². The molecule has 1 aromatic heterocycles. The molecule has 1 heterocycles. The number of nitrogens with one attached hydrogen (secondary N) is 1. The van der Waals surface area contributed by atoms with Crippen LogP contribution in [0.4, 0.5) is 0 Å². The molecule has 0 aliphatic heterocycles. The largest absolute Gasteiger partial charge is 0.490 e. The number of amides is 1.